The zero-order chi connectivity index (χ0) is 20.7. The van der Waals surface area contributed by atoms with Gasteiger partial charge in [0.15, 0.2) is 5.75 Å². The molecule has 0 amide bonds. The minimum absolute atomic E-state index is 0. The molecule has 4 nitrogen and oxygen atoms in total. The van der Waals surface area contributed by atoms with Crippen LogP contribution >= 0.6 is 11.6 Å². The maximum Gasteiger partial charge on any atom is 0.278 e. The third-order valence-electron chi connectivity index (χ3n) is 4.45. The zero-order valence-electron chi connectivity index (χ0n) is 18.4. The van der Waals surface area contributed by atoms with Crippen molar-refractivity contribution in [1.29, 1.82) is 0 Å². The molecule has 0 aliphatic heterocycles. The molecule has 3 rings (SSSR count). The van der Waals surface area contributed by atoms with Gasteiger partial charge in [-0.3, -0.25) is 4.79 Å². The monoisotopic (exact) mass is 502 g/mol. The maximum atomic E-state index is 12.8. The summed E-state index contributed by atoms with van der Waals surface area (Å²) >= 11 is 6.04. The Labute approximate surface area is 210 Å². The first-order valence-electron chi connectivity index (χ1n) is 9.64. The summed E-state index contributed by atoms with van der Waals surface area (Å²) in [4.78, 5) is 12.8. The zero-order valence-corrected chi connectivity index (χ0v) is 22.0. The molecule has 0 unspecified atom stereocenters. The molecule has 0 aliphatic carbocycles. The van der Waals surface area contributed by atoms with Crippen LogP contribution in [-0.4, -0.2) is 14.9 Å². The Morgan fingerprint density at radius 1 is 1.07 bits per heavy atom. The van der Waals surface area contributed by atoms with E-state index in [4.69, 9.17) is 11.6 Å². The second-order valence-electron chi connectivity index (χ2n) is 6.24. The number of aromatic nitrogens is 2. The second kappa shape index (κ2) is 13.7. The average molecular weight is 503 g/mol. The molecule has 1 N–H and O–H groups in total. The molecule has 6 heteroatoms. The largest absolute Gasteiger partial charge is 0.505 e. The Morgan fingerprint density at radius 3 is 2.33 bits per heavy atom. The molecular weight excluding hydrogens is 473 g/mol. The molecule has 1 radical (unpaired) electrons. The van der Waals surface area contributed by atoms with E-state index in [0.717, 1.165) is 16.7 Å². The molecule has 30 heavy (non-hydrogen) atoms. The van der Waals surface area contributed by atoms with Crippen molar-refractivity contribution in [3.63, 3.8) is 0 Å². The number of benzene rings is 2. The summed E-state index contributed by atoms with van der Waals surface area (Å²) in [6.07, 6.45) is 1.20. The van der Waals surface area contributed by atoms with Gasteiger partial charge in [0.05, 0.1) is 5.56 Å². The van der Waals surface area contributed by atoms with Gasteiger partial charge in [0, 0.05) is 44.3 Å². The standard InChI is InChI=1S/C21H21ClN2O2.C2H6.CH3.Y/c1-3-24-21(26)19(17-10-5-4-7-14(17)2)20(25)18(23-24)12-11-15-8-6-9-16(22)13-15;1-2;;/h4-10,13,25H,3,11-12H2,1-2H3;1-2H3;1H3;/q;;-1;. The van der Waals surface area contributed by atoms with Gasteiger partial charge in [-0.1, -0.05) is 61.8 Å². The Morgan fingerprint density at radius 2 is 1.73 bits per heavy atom. The number of aryl methyl sites for hydroxylation is 4. The molecule has 0 atom stereocenters. The SMILES string of the molecule is CC.CCn1nc(CCc2cccc(Cl)c2)c(O)c(-c2ccccc2C)c1=O.[CH3-].[Y]. The predicted octanol–water partition coefficient (Wildman–Crippen LogP) is 5.86. The summed E-state index contributed by atoms with van der Waals surface area (Å²) in [5.74, 6) is -0.0315. The van der Waals surface area contributed by atoms with E-state index in [1.807, 2.05) is 76.2 Å². The van der Waals surface area contributed by atoms with E-state index >= 15 is 0 Å². The predicted molar refractivity (Wildman–Crippen MR) is 123 cm³/mol. The van der Waals surface area contributed by atoms with E-state index in [0.29, 0.717) is 35.7 Å². The molecule has 0 saturated carbocycles. The summed E-state index contributed by atoms with van der Waals surface area (Å²) in [5.41, 5.74) is 3.31. The third-order valence-corrected chi connectivity index (χ3v) is 4.69. The summed E-state index contributed by atoms with van der Waals surface area (Å²) in [6.45, 7) is 8.24. The van der Waals surface area contributed by atoms with E-state index < -0.39 is 0 Å². The van der Waals surface area contributed by atoms with Gasteiger partial charge in [0.2, 0.25) is 0 Å². The summed E-state index contributed by atoms with van der Waals surface area (Å²) < 4.78 is 1.41. The van der Waals surface area contributed by atoms with Gasteiger partial charge in [0.1, 0.15) is 5.69 Å². The van der Waals surface area contributed by atoms with Crippen molar-refractivity contribution < 1.29 is 37.8 Å². The van der Waals surface area contributed by atoms with Crippen LogP contribution in [-0.2, 0) is 52.1 Å². The molecule has 0 bridgehead atoms. The Balaban J connectivity index is 0.00000204. The average Bonchev–Trinajstić information content (AvgIpc) is 2.70. The fourth-order valence-corrected chi connectivity index (χ4v) is 3.26. The summed E-state index contributed by atoms with van der Waals surface area (Å²) in [7, 11) is 0. The molecular formula is C24H30ClN2O2Y-. The van der Waals surface area contributed by atoms with Crippen LogP contribution < -0.4 is 5.56 Å². The number of hydrogen-bond donors (Lipinski definition) is 1. The quantitative estimate of drug-likeness (QED) is 0.445. The van der Waals surface area contributed by atoms with Crippen LogP contribution in [0.4, 0.5) is 0 Å². The van der Waals surface area contributed by atoms with Crippen molar-refractivity contribution in [3.05, 3.63) is 88.2 Å². The fraction of sp³-hybridized carbons (Fsp3) is 0.292. The fourth-order valence-electron chi connectivity index (χ4n) is 3.05. The van der Waals surface area contributed by atoms with Gasteiger partial charge in [-0.15, -0.1) is 0 Å². The number of hydrogen-bond acceptors (Lipinski definition) is 3. The van der Waals surface area contributed by atoms with Gasteiger partial charge in [-0.25, -0.2) is 4.68 Å². The van der Waals surface area contributed by atoms with Crippen LogP contribution in [0.5, 0.6) is 5.75 Å². The number of rotatable bonds is 5. The molecule has 0 fully saturated rings. The Kier molecular flexibility index (Phi) is 13.1. The van der Waals surface area contributed by atoms with Gasteiger partial charge < -0.3 is 12.5 Å². The van der Waals surface area contributed by atoms with Crippen molar-refractivity contribution in [1.82, 2.24) is 9.78 Å². The van der Waals surface area contributed by atoms with Crippen molar-refractivity contribution in [2.45, 2.75) is 47.1 Å². The number of halogens is 1. The van der Waals surface area contributed by atoms with Crippen molar-refractivity contribution in [2.75, 3.05) is 0 Å². The normalized spacial score (nSPS) is 9.63. The maximum absolute atomic E-state index is 12.8. The molecule has 3 aromatic rings. The van der Waals surface area contributed by atoms with Crippen molar-refractivity contribution in [2.24, 2.45) is 0 Å². The summed E-state index contributed by atoms with van der Waals surface area (Å²) in [5, 5.41) is 15.8. The van der Waals surface area contributed by atoms with Gasteiger partial charge in [0.25, 0.3) is 5.56 Å². The topological polar surface area (TPSA) is 55.1 Å². The van der Waals surface area contributed by atoms with E-state index in [1.54, 1.807) is 0 Å². The minimum atomic E-state index is -0.272. The van der Waals surface area contributed by atoms with E-state index in [9.17, 15) is 9.90 Å². The Bertz CT molecular complexity index is 1000. The van der Waals surface area contributed by atoms with E-state index in [-0.39, 0.29) is 51.4 Å². The van der Waals surface area contributed by atoms with Crippen LogP contribution in [0.3, 0.4) is 0 Å². The van der Waals surface area contributed by atoms with Gasteiger partial charge >= 0.3 is 0 Å². The van der Waals surface area contributed by atoms with Crippen LogP contribution in [0, 0.1) is 14.4 Å². The molecule has 0 saturated heterocycles. The summed E-state index contributed by atoms with van der Waals surface area (Å²) in [6, 6.07) is 15.2. The number of aromatic hydroxyl groups is 1. The van der Waals surface area contributed by atoms with Gasteiger partial charge in [-0.05, 0) is 55.5 Å². The third kappa shape index (κ3) is 6.76. The smallest absolute Gasteiger partial charge is 0.278 e. The van der Waals surface area contributed by atoms with E-state index in [2.05, 4.69) is 5.10 Å². The Hall–Kier alpha value is -1.49. The van der Waals surface area contributed by atoms with Crippen LogP contribution in [0.25, 0.3) is 11.1 Å². The molecule has 2 aromatic carbocycles. The van der Waals surface area contributed by atoms with E-state index in [1.165, 1.54) is 4.68 Å². The van der Waals surface area contributed by atoms with Crippen molar-refractivity contribution >= 4 is 11.6 Å². The second-order valence-corrected chi connectivity index (χ2v) is 6.67. The molecule has 1 heterocycles. The first kappa shape index (κ1) is 28.5. The first-order valence-corrected chi connectivity index (χ1v) is 10.0. The van der Waals surface area contributed by atoms with Crippen LogP contribution in [0.15, 0.2) is 53.3 Å². The van der Waals surface area contributed by atoms with Crippen LogP contribution in [0.2, 0.25) is 5.02 Å². The van der Waals surface area contributed by atoms with Crippen LogP contribution in [0.1, 0.15) is 37.6 Å². The molecule has 0 aliphatic rings. The van der Waals surface area contributed by atoms with Gasteiger partial charge in [-0.2, -0.15) is 5.10 Å². The molecule has 0 spiro atoms. The molecule has 159 valence electrons. The number of nitrogens with zero attached hydrogens (tertiary/aromatic N) is 2. The minimum Gasteiger partial charge on any atom is -0.505 e. The molecule has 1 aromatic heterocycles. The van der Waals surface area contributed by atoms with Crippen molar-refractivity contribution in [3.8, 4) is 16.9 Å². The first-order chi connectivity index (χ1) is 13.5.